The maximum absolute atomic E-state index is 12.6. The second-order valence-electron chi connectivity index (χ2n) is 4.83. The van der Waals surface area contributed by atoms with Crippen molar-refractivity contribution in [2.75, 3.05) is 13.2 Å². The van der Waals surface area contributed by atoms with Crippen molar-refractivity contribution in [3.05, 3.63) is 0 Å². The summed E-state index contributed by atoms with van der Waals surface area (Å²) in [5.74, 6) is 1.72. The summed E-state index contributed by atoms with van der Waals surface area (Å²) in [7, 11) is 0. The average Bonchev–Trinajstić information content (AvgIpc) is 2.80. The van der Waals surface area contributed by atoms with Crippen LogP contribution in [0.25, 0.3) is 0 Å². The van der Waals surface area contributed by atoms with Crippen LogP contribution in [0.1, 0.15) is 32.1 Å². The molecule has 3 nitrogen and oxygen atoms in total. The van der Waals surface area contributed by atoms with Crippen molar-refractivity contribution in [2.45, 2.75) is 50.5 Å². The van der Waals surface area contributed by atoms with Crippen molar-refractivity contribution >= 4 is 0 Å². The minimum Gasteiger partial charge on any atom is -0.373 e. The Hall–Kier alpha value is -0.400. The number of halogens is 4. The summed E-state index contributed by atoms with van der Waals surface area (Å²) in [4.78, 5) is 0. The fourth-order valence-corrected chi connectivity index (χ4v) is 2.23. The van der Waals surface area contributed by atoms with E-state index in [-0.39, 0.29) is 12.6 Å². The third-order valence-electron chi connectivity index (χ3n) is 3.26. The summed E-state index contributed by atoms with van der Waals surface area (Å²) >= 11 is 0. The number of hydrogen-bond acceptors (Lipinski definition) is 3. The Balaban J connectivity index is 2.22. The molecule has 1 unspecified atom stereocenters. The highest BCUT2D eigenvalue weighted by Gasteiger charge is 2.41. The molecular formula is C11H20F4N2O. The highest BCUT2D eigenvalue weighted by molar-refractivity contribution is 4.75. The van der Waals surface area contributed by atoms with Gasteiger partial charge in [-0.15, -0.1) is 0 Å². The van der Waals surface area contributed by atoms with E-state index in [4.69, 9.17) is 5.84 Å². The molecule has 0 heterocycles. The molecule has 1 fully saturated rings. The van der Waals surface area contributed by atoms with Gasteiger partial charge in [0.15, 0.2) is 0 Å². The Bertz CT molecular complexity index is 235. The Morgan fingerprint density at radius 2 is 1.89 bits per heavy atom. The molecule has 108 valence electrons. The van der Waals surface area contributed by atoms with Gasteiger partial charge in [-0.1, -0.05) is 25.7 Å². The van der Waals surface area contributed by atoms with Gasteiger partial charge in [0.25, 0.3) is 0 Å². The molecule has 0 radical (unpaired) electrons. The van der Waals surface area contributed by atoms with E-state index in [9.17, 15) is 17.6 Å². The van der Waals surface area contributed by atoms with E-state index in [1.165, 1.54) is 12.8 Å². The molecule has 0 bridgehead atoms. The first-order valence-corrected chi connectivity index (χ1v) is 6.15. The second kappa shape index (κ2) is 7.25. The van der Waals surface area contributed by atoms with E-state index in [0.29, 0.717) is 5.92 Å². The monoisotopic (exact) mass is 272 g/mol. The normalized spacial score (nSPS) is 19.7. The average molecular weight is 272 g/mol. The molecule has 1 rings (SSSR count). The molecule has 0 amide bonds. The van der Waals surface area contributed by atoms with E-state index < -0.39 is 19.0 Å². The van der Waals surface area contributed by atoms with Crippen molar-refractivity contribution in [3.8, 4) is 0 Å². The van der Waals surface area contributed by atoms with Crippen molar-refractivity contribution in [3.63, 3.8) is 0 Å². The van der Waals surface area contributed by atoms with Crippen LogP contribution in [0.2, 0.25) is 0 Å². The third kappa shape index (κ3) is 5.07. The molecule has 1 aliphatic rings. The lowest BCUT2D eigenvalue weighted by molar-refractivity contribution is -0.167. The molecule has 1 atom stereocenters. The van der Waals surface area contributed by atoms with Crippen molar-refractivity contribution < 1.29 is 22.3 Å². The van der Waals surface area contributed by atoms with Gasteiger partial charge in [-0.2, -0.15) is 8.78 Å². The van der Waals surface area contributed by atoms with Crippen LogP contribution in [0, 0.1) is 5.92 Å². The first-order valence-electron chi connectivity index (χ1n) is 6.15. The minimum atomic E-state index is -4.09. The molecule has 7 heteroatoms. The Morgan fingerprint density at radius 1 is 1.28 bits per heavy atom. The summed E-state index contributed by atoms with van der Waals surface area (Å²) in [5, 5.41) is 0. The lowest BCUT2D eigenvalue weighted by atomic mass is 9.99. The van der Waals surface area contributed by atoms with Crippen LogP contribution in [0.15, 0.2) is 0 Å². The van der Waals surface area contributed by atoms with Crippen LogP contribution in [-0.2, 0) is 4.74 Å². The standard InChI is InChI=1S/C11H20F4N2O/c12-10(13)11(14,15)7-18-6-9(17-16)5-8-3-1-2-4-8/h8-10,17H,1-7,16H2. The zero-order valence-corrected chi connectivity index (χ0v) is 10.2. The van der Waals surface area contributed by atoms with Gasteiger partial charge in [-0.25, -0.2) is 8.78 Å². The van der Waals surface area contributed by atoms with E-state index in [2.05, 4.69) is 10.2 Å². The van der Waals surface area contributed by atoms with Gasteiger partial charge in [-0.3, -0.25) is 11.3 Å². The molecule has 0 spiro atoms. The van der Waals surface area contributed by atoms with Crippen LogP contribution in [0.3, 0.4) is 0 Å². The number of alkyl halides is 4. The third-order valence-corrected chi connectivity index (χ3v) is 3.26. The summed E-state index contributed by atoms with van der Waals surface area (Å²) in [6, 6.07) is -0.262. The fraction of sp³-hybridized carbons (Fsp3) is 1.00. The summed E-state index contributed by atoms with van der Waals surface area (Å²) in [6.45, 7) is -1.34. The summed E-state index contributed by atoms with van der Waals surface area (Å²) in [5.41, 5.74) is 2.49. The van der Waals surface area contributed by atoms with E-state index in [0.717, 1.165) is 19.3 Å². The van der Waals surface area contributed by atoms with Gasteiger partial charge < -0.3 is 4.74 Å². The molecule has 0 aromatic carbocycles. The second-order valence-corrected chi connectivity index (χ2v) is 4.83. The van der Waals surface area contributed by atoms with Gasteiger partial charge in [-0.05, 0) is 12.3 Å². The summed E-state index contributed by atoms with van der Waals surface area (Å²) < 4.78 is 53.6. The zero-order valence-electron chi connectivity index (χ0n) is 10.2. The Kier molecular flexibility index (Phi) is 6.31. The van der Waals surface area contributed by atoms with Crippen LogP contribution in [-0.4, -0.2) is 31.6 Å². The first-order chi connectivity index (χ1) is 8.45. The predicted octanol–water partition coefficient (Wildman–Crippen LogP) is 2.32. The highest BCUT2D eigenvalue weighted by atomic mass is 19.3. The Labute approximate surface area is 104 Å². The van der Waals surface area contributed by atoms with E-state index in [1.54, 1.807) is 0 Å². The minimum absolute atomic E-state index is 0.0741. The number of nitrogens with two attached hydrogens (primary N) is 1. The lowest BCUT2D eigenvalue weighted by Crippen LogP contribution is -2.41. The Morgan fingerprint density at radius 3 is 2.39 bits per heavy atom. The van der Waals surface area contributed by atoms with Crippen molar-refractivity contribution in [1.82, 2.24) is 5.43 Å². The van der Waals surface area contributed by atoms with Crippen LogP contribution >= 0.6 is 0 Å². The summed E-state index contributed by atoms with van der Waals surface area (Å²) in [6.07, 6.45) is 1.59. The topological polar surface area (TPSA) is 47.3 Å². The maximum atomic E-state index is 12.6. The maximum Gasteiger partial charge on any atom is 0.330 e. The largest absolute Gasteiger partial charge is 0.373 e. The number of rotatable bonds is 8. The number of ether oxygens (including phenoxy) is 1. The fourth-order valence-electron chi connectivity index (χ4n) is 2.23. The molecule has 0 saturated heterocycles. The van der Waals surface area contributed by atoms with Gasteiger partial charge in [0.2, 0.25) is 0 Å². The SMILES string of the molecule is NNC(COCC(F)(F)C(F)F)CC1CCCC1. The molecule has 3 N–H and O–H groups in total. The predicted molar refractivity (Wildman–Crippen MR) is 59.5 cm³/mol. The molecule has 0 aromatic rings. The van der Waals surface area contributed by atoms with Gasteiger partial charge in [0, 0.05) is 6.04 Å². The van der Waals surface area contributed by atoms with Gasteiger partial charge in [0.1, 0.15) is 6.61 Å². The smallest absolute Gasteiger partial charge is 0.330 e. The molecule has 1 aliphatic carbocycles. The highest BCUT2D eigenvalue weighted by Crippen LogP contribution is 2.28. The number of hydrazine groups is 1. The lowest BCUT2D eigenvalue weighted by Gasteiger charge is -2.21. The molecule has 0 aliphatic heterocycles. The number of nitrogens with one attached hydrogen (secondary N) is 1. The van der Waals surface area contributed by atoms with E-state index in [1.807, 2.05) is 0 Å². The van der Waals surface area contributed by atoms with Crippen LogP contribution in [0.5, 0.6) is 0 Å². The van der Waals surface area contributed by atoms with Crippen LogP contribution < -0.4 is 11.3 Å². The molecular weight excluding hydrogens is 252 g/mol. The molecule has 0 aromatic heterocycles. The zero-order chi connectivity index (χ0) is 13.6. The van der Waals surface area contributed by atoms with E-state index >= 15 is 0 Å². The van der Waals surface area contributed by atoms with Gasteiger partial charge in [0.05, 0.1) is 6.61 Å². The van der Waals surface area contributed by atoms with Crippen molar-refractivity contribution in [1.29, 1.82) is 0 Å². The van der Waals surface area contributed by atoms with Crippen molar-refractivity contribution in [2.24, 2.45) is 11.8 Å². The molecule has 18 heavy (non-hydrogen) atoms. The quantitative estimate of drug-likeness (QED) is 0.405. The number of hydrogen-bond donors (Lipinski definition) is 2. The molecule has 1 saturated carbocycles. The van der Waals surface area contributed by atoms with Crippen LogP contribution in [0.4, 0.5) is 17.6 Å². The first kappa shape index (κ1) is 15.7. The van der Waals surface area contributed by atoms with Gasteiger partial charge >= 0.3 is 12.3 Å².